The lowest BCUT2D eigenvalue weighted by molar-refractivity contribution is 0.180. The van der Waals surface area contributed by atoms with E-state index in [1.165, 1.54) is 48.9 Å². The zero-order chi connectivity index (χ0) is 15.5. The smallest absolute Gasteiger partial charge is 0.118 e. The van der Waals surface area contributed by atoms with E-state index in [4.69, 9.17) is 5.26 Å². The van der Waals surface area contributed by atoms with Gasteiger partial charge in [-0.2, -0.15) is 5.26 Å². The number of halogens is 1. The lowest BCUT2D eigenvalue weighted by Gasteiger charge is -2.35. The van der Waals surface area contributed by atoms with E-state index >= 15 is 0 Å². The standard InChI is InChI=1S/C19H25N3.ClH/c1-3-9-22(10-4-2)16-7-5-14-6-8-19-18(17(14)12-16)11-15(13-20)21-19;/h6,8,11,16,21H,3-5,7,9-10,12H2,1-2H3;1H. The first kappa shape index (κ1) is 17.8. The second-order valence-corrected chi connectivity index (χ2v) is 6.39. The van der Waals surface area contributed by atoms with Gasteiger partial charge in [0, 0.05) is 16.9 Å². The number of aromatic nitrogens is 1. The van der Waals surface area contributed by atoms with Crippen molar-refractivity contribution in [1.82, 2.24) is 9.88 Å². The molecule has 1 aromatic heterocycles. The van der Waals surface area contributed by atoms with Crippen molar-refractivity contribution in [3.05, 3.63) is 35.0 Å². The van der Waals surface area contributed by atoms with Crippen LogP contribution in [-0.2, 0) is 12.8 Å². The number of nitrogens with zero attached hydrogens (tertiary/aromatic N) is 2. The van der Waals surface area contributed by atoms with Gasteiger partial charge in [0.2, 0.25) is 0 Å². The van der Waals surface area contributed by atoms with Crippen molar-refractivity contribution in [2.24, 2.45) is 0 Å². The van der Waals surface area contributed by atoms with Crippen LogP contribution in [-0.4, -0.2) is 29.0 Å². The van der Waals surface area contributed by atoms with E-state index in [2.05, 4.69) is 41.9 Å². The van der Waals surface area contributed by atoms with Gasteiger partial charge >= 0.3 is 0 Å². The number of nitriles is 1. The molecule has 3 rings (SSSR count). The summed E-state index contributed by atoms with van der Waals surface area (Å²) in [5.74, 6) is 0. The molecule has 3 nitrogen and oxygen atoms in total. The number of hydrogen-bond donors (Lipinski definition) is 1. The SMILES string of the molecule is CCCN(CCC)C1CCc2ccc3[nH]c(C#N)cc3c2C1.Cl. The Hall–Kier alpha value is -1.50. The number of aryl methyl sites for hydroxylation is 1. The van der Waals surface area contributed by atoms with Crippen LogP contribution in [0.3, 0.4) is 0 Å². The topological polar surface area (TPSA) is 42.8 Å². The molecule has 1 aliphatic rings. The maximum Gasteiger partial charge on any atom is 0.118 e. The van der Waals surface area contributed by atoms with Crippen LogP contribution in [0.15, 0.2) is 18.2 Å². The van der Waals surface area contributed by atoms with Crippen molar-refractivity contribution in [2.75, 3.05) is 13.1 Å². The second kappa shape index (κ2) is 7.86. The van der Waals surface area contributed by atoms with E-state index in [0.717, 1.165) is 18.4 Å². The van der Waals surface area contributed by atoms with Crippen molar-refractivity contribution in [3.8, 4) is 6.07 Å². The highest BCUT2D eigenvalue weighted by atomic mass is 35.5. The zero-order valence-corrected chi connectivity index (χ0v) is 14.9. The summed E-state index contributed by atoms with van der Waals surface area (Å²) in [6.45, 7) is 6.92. The average Bonchev–Trinajstić information content (AvgIpc) is 2.98. The average molecular weight is 332 g/mol. The Morgan fingerprint density at radius 2 is 2.00 bits per heavy atom. The fourth-order valence-electron chi connectivity index (χ4n) is 3.87. The Bertz CT molecular complexity index is 692. The number of aromatic amines is 1. The summed E-state index contributed by atoms with van der Waals surface area (Å²) in [6.07, 6.45) is 5.98. The molecule has 1 aliphatic carbocycles. The third-order valence-electron chi connectivity index (χ3n) is 4.86. The van der Waals surface area contributed by atoms with Gasteiger partial charge in [-0.05, 0) is 68.5 Å². The number of nitrogens with one attached hydrogen (secondary N) is 1. The molecule has 0 aliphatic heterocycles. The van der Waals surface area contributed by atoms with Crippen LogP contribution in [0.2, 0.25) is 0 Å². The fourth-order valence-corrected chi connectivity index (χ4v) is 3.87. The number of rotatable bonds is 5. The van der Waals surface area contributed by atoms with Gasteiger partial charge < -0.3 is 9.88 Å². The Labute approximate surface area is 145 Å². The third-order valence-corrected chi connectivity index (χ3v) is 4.86. The van der Waals surface area contributed by atoms with Crippen LogP contribution in [0.1, 0.15) is 49.9 Å². The monoisotopic (exact) mass is 331 g/mol. The molecule has 0 spiro atoms. The van der Waals surface area contributed by atoms with Crippen LogP contribution in [0.5, 0.6) is 0 Å². The first-order chi connectivity index (χ1) is 10.8. The van der Waals surface area contributed by atoms with Gasteiger partial charge in [-0.1, -0.05) is 19.9 Å². The van der Waals surface area contributed by atoms with Crippen LogP contribution in [0.25, 0.3) is 10.9 Å². The van der Waals surface area contributed by atoms with Gasteiger partial charge in [-0.15, -0.1) is 12.4 Å². The largest absolute Gasteiger partial charge is 0.346 e. The molecule has 2 aromatic rings. The molecule has 1 atom stereocenters. The minimum absolute atomic E-state index is 0. The maximum atomic E-state index is 9.13. The molecule has 0 fully saturated rings. The fraction of sp³-hybridized carbons (Fsp3) is 0.526. The lowest BCUT2D eigenvalue weighted by atomic mass is 9.85. The Kier molecular flexibility index (Phi) is 6.10. The summed E-state index contributed by atoms with van der Waals surface area (Å²) < 4.78 is 0. The molecule has 0 amide bonds. The molecular formula is C19H26ClN3. The summed E-state index contributed by atoms with van der Waals surface area (Å²) >= 11 is 0. The summed E-state index contributed by atoms with van der Waals surface area (Å²) in [7, 11) is 0. The van der Waals surface area contributed by atoms with Crippen molar-refractivity contribution in [2.45, 2.75) is 52.0 Å². The number of benzene rings is 1. The molecule has 124 valence electrons. The Morgan fingerprint density at radius 3 is 2.65 bits per heavy atom. The number of hydrogen-bond acceptors (Lipinski definition) is 2. The van der Waals surface area contributed by atoms with Gasteiger partial charge in [0.1, 0.15) is 11.8 Å². The molecular weight excluding hydrogens is 306 g/mol. The lowest BCUT2D eigenvalue weighted by Crippen LogP contribution is -2.40. The highest BCUT2D eigenvalue weighted by Crippen LogP contribution is 2.31. The molecule has 4 heteroatoms. The Balaban J connectivity index is 0.00000192. The van der Waals surface area contributed by atoms with Crippen LogP contribution < -0.4 is 0 Å². The highest BCUT2D eigenvalue weighted by molar-refractivity contribution is 5.86. The third kappa shape index (κ3) is 3.54. The van der Waals surface area contributed by atoms with Gasteiger partial charge in [-0.25, -0.2) is 0 Å². The van der Waals surface area contributed by atoms with Crippen LogP contribution in [0.4, 0.5) is 0 Å². The molecule has 0 saturated carbocycles. The quantitative estimate of drug-likeness (QED) is 0.880. The Morgan fingerprint density at radius 1 is 1.26 bits per heavy atom. The minimum Gasteiger partial charge on any atom is -0.346 e. The van der Waals surface area contributed by atoms with Crippen LogP contribution in [0, 0.1) is 11.3 Å². The normalized spacial score (nSPS) is 16.9. The maximum absolute atomic E-state index is 9.13. The van der Waals surface area contributed by atoms with Crippen molar-refractivity contribution in [3.63, 3.8) is 0 Å². The summed E-state index contributed by atoms with van der Waals surface area (Å²) in [6, 6.07) is 9.29. The molecule has 1 unspecified atom stereocenters. The summed E-state index contributed by atoms with van der Waals surface area (Å²) in [4.78, 5) is 5.88. The van der Waals surface area contributed by atoms with Gasteiger partial charge in [0.25, 0.3) is 0 Å². The molecule has 23 heavy (non-hydrogen) atoms. The first-order valence-corrected chi connectivity index (χ1v) is 8.54. The number of H-pyrrole nitrogens is 1. The van der Waals surface area contributed by atoms with E-state index < -0.39 is 0 Å². The van der Waals surface area contributed by atoms with Crippen molar-refractivity contribution < 1.29 is 0 Å². The molecule has 0 bridgehead atoms. The summed E-state index contributed by atoms with van der Waals surface area (Å²) in [5.41, 5.74) is 4.71. The minimum atomic E-state index is 0. The van der Waals surface area contributed by atoms with Gasteiger partial charge in [-0.3, -0.25) is 0 Å². The van der Waals surface area contributed by atoms with E-state index in [0.29, 0.717) is 11.7 Å². The van der Waals surface area contributed by atoms with Gasteiger partial charge in [0.15, 0.2) is 0 Å². The molecule has 1 N–H and O–H groups in total. The molecule has 1 aromatic carbocycles. The van der Waals surface area contributed by atoms with Crippen molar-refractivity contribution >= 4 is 23.3 Å². The van der Waals surface area contributed by atoms with E-state index in [1.807, 2.05) is 6.07 Å². The number of fused-ring (bicyclic) bond motifs is 3. The molecule has 0 radical (unpaired) electrons. The van der Waals surface area contributed by atoms with E-state index in [9.17, 15) is 0 Å². The second-order valence-electron chi connectivity index (χ2n) is 6.39. The predicted molar refractivity (Wildman–Crippen MR) is 98.2 cm³/mol. The zero-order valence-electron chi connectivity index (χ0n) is 14.1. The molecule has 0 saturated heterocycles. The summed E-state index contributed by atoms with van der Waals surface area (Å²) in [5, 5.41) is 10.4. The molecule has 1 heterocycles. The first-order valence-electron chi connectivity index (χ1n) is 8.54. The van der Waals surface area contributed by atoms with E-state index in [1.54, 1.807) is 0 Å². The van der Waals surface area contributed by atoms with Gasteiger partial charge in [0.05, 0.1) is 0 Å². The van der Waals surface area contributed by atoms with E-state index in [-0.39, 0.29) is 12.4 Å². The van der Waals surface area contributed by atoms with Crippen LogP contribution >= 0.6 is 12.4 Å². The predicted octanol–water partition coefficient (Wildman–Crippen LogP) is 4.44. The van der Waals surface area contributed by atoms with Crippen molar-refractivity contribution in [1.29, 1.82) is 5.26 Å². The highest BCUT2D eigenvalue weighted by Gasteiger charge is 2.25.